The molecule has 0 amide bonds. The first kappa shape index (κ1) is 16.4. The molecule has 3 N–H and O–H groups in total. The molecule has 0 aliphatic rings. The summed E-state index contributed by atoms with van der Waals surface area (Å²) < 4.78 is 15.0. The fourth-order valence-corrected chi connectivity index (χ4v) is 2.90. The molecule has 0 saturated heterocycles. The van der Waals surface area contributed by atoms with Crippen LogP contribution >= 0.6 is 11.6 Å². The van der Waals surface area contributed by atoms with Crippen LogP contribution in [0.4, 0.5) is 15.9 Å². The molecule has 0 saturated carbocycles. The van der Waals surface area contributed by atoms with Gasteiger partial charge in [0, 0.05) is 35.0 Å². The first-order chi connectivity index (χ1) is 12.6. The molecule has 0 aliphatic heterocycles. The molecule has 4 aromatic rings. The van der Waals surface area contributed by atoms with Crippen molar-refractivity contribution < 1.29 is 4.39 Å². The highest BCUT2D eigenvalue weighted by molar-refractivity contribution is 6.31. The number of nitrogens with two attached hydrogens (primary N) is 1. The summed E-state index contributed by atoms with van der Waals surface area (Å²) in [5.74, 6) is 0.509. The van der Waals surface area contributed by atoms with E-state index in [0.29, 0.717) is 34.4 Å². The van der Waals surface area contributed by atoms with Gasteiger partial charge in [-0.3, -0.25) is 0 Å². The van der Waals surface area contributed by atoms with E-state index in [1.54, 1.807) is 18.2 Å². The normalized spacial score (nSPS) is 11.0. The van der Waals surface area contributed by atoms with Crippen LogP contribution in [0, 0.1) is 5.82 Å². The van der Waals surface area contributed by atoms with E-state index in [9.17, 15) is 4.39 Å². The largest absolute Gasteiger partial charge is 0.384 e. The summed E-state index contributed by atoms with van der Waals surface area (Å²) in [6.07, 6.45) is 0. The minimum Gasteiger partial charge on any atom is -0.384 e. The zero-order valence-corrected chi connectivity index (χ0v) is 14.4. The van der Waals surface area contributed by atoms with Crippen LogP contribution in [0.15, 0.2) is 60.7 Å². The van der Waals surface area contributed by atoms with E-state index in [0.717, 1.165) is 11.3 Å². The second-order valence-corrected chi connectivity index (χ2v) is 6.24. The van der Waals surface area contributed by atoms with Gasteiger partial charge in [-0.15, -0.1) is 5.10 Å². The molecule has 7 heteroatoms. The van der Waals surface area contributed by atoms with Crippen molar-refractivity contribution in [3.8, 4) is 11.4 Å². The summed E-state index contributed by atoms with van der Waals surface area (Å²) in [7, 11) is 0. The molecule has 4 rings (SSSR count). The van der Waals surface area contributed by atoms with Crippen molar-refractivity contribution in [1.82, 2.24) is 14.6 Å². The molecule has 0 atom stereocenters. The van der Waals surface area contributed by atoms with Crippen LogP contribution in [0.2, 0.25) is 5.02 Å². The van der Waals surface area contributed by atoms with Crippen molar-refractivity contribution in [3.05, 3.63) is 77.1 Å². The van der Waals surface area contributed by atoms with E-state index >= 15 is 0 Å². The number of anilines is 2. The number of fused-ring (bicyclic) bond motifs is 1. The van der Waals surface area contributed by atoms with Crippen LogP contribution in [0.3, 0.4) is 0 Å². The lowest BCUT2D eigenvalue weighted by molar-refractivity contribution is 0.628. The van der Waals surface area contributed by atoms with Gasteiger partial charge in [-0.2, -0.15) is 4.52 Å². The second-order valence-electron chi connectivity index (χ2n) is 5.83. The predicted octanol–water partition coefficient (Wildman–Crippen LogP) is 4.38. The average molecular weight is 368 g/mol. The molecule has 2 aromatic heterocycles. The molecule has 5 nitrogen and oxygen atoms in total. The maximum Gasteiger partial charge on any atom is 0.182 e. The SMILES string of the molecule is Nc1cc(NCc2ccccc2Cl)cc2nc(-c3cccc(F)c3)nn12. The summed E-state index contributed by atoms with van der Waals surface area (Å²) >= 11 is 6.18. The Hall–Kier alpha value is -3.12. The summed E-state index contributed by atoms with van der Waals surface area (Å²) in [5.41, 5.74) is 9.05. The van der Waals surface area contributed by atoms with E-state index in [2.05, 4.69) is 15.4 Å². The van der Waals surface area contributed by atoms with Gasteiger partial charge in [-0.05, 0) is 23.8 Å². The molecular weight excluding hydrogens is 353 g/mol. The number of aromatic nitrogens is 3. The Morgan fingerprint density at radius 3 is 2.73 bits per heavy atom. The number of nitrogen functional groups attached to an aromatic ring is 1. The predicted molar refractivity (Wildman–Crippen MR) is 102 cm³/mol. The quantitative estimate of drug-likeness (QED) is 0.561. The van der Waals surface area contributed by atoms with E-state index < -0.39 is 0 Å². The number of benzene rings is 2. The lowest BCUT2D eigenvalue weighted by atomic mass is 10.2. The van der Waals surface area contributed by atoms with Gasteiger partial charge in [-0.25, -0.2) is 9.37 Å². The number of nitrogens with one attached hydrogen (secondary N) is 1. The Bertz CT molecular complexity index is 1090. The summed E-state index contributed by atoms with van der Waals surface area (Å²) in [4.78, 5) is 4.46. The highest BCUT2D eigenvalue weighted by Gasteiger charge is 2.10. The van der Waals surface area contributed by atoms with Gasteiger partial charge >= 0.3 is 0 Å². The highest BCUT2D eigenvalue weighted by atomic mass is 35.5. The van der Waals surface area contributed by atoms with Crippen LogP contribution in [0.25, 0.3) is 17.0 Å². The Morgan fingerprint density at radius 2 is 1.92 bits per heavy atom. The molecule has 0 spiro atoms. The standard InChI is InChI=1S/C19H15ClFN5/c20-16-7-2-1-4-13(16)11-23-15-9-17(22)26-18(10-15)24-19(25-26)12-5-3-6-14(21)8-12/h1-10,23H,11,22H2. The van der Waals surface area contributed by atoms with Gasteiger partial charge in [0.05, 0.1) is 0 Å². The summed E-state index contributed by atoms with van der Waals surface area (Å²) in [6, 6.07) is 17.4. The lowest BCUT2D eigenvalue weighted by Crippen LogP contribution is -2.04. The van der Waals surface area contributed by atoms with Crippen LogP contribution in [0.1, 0.15) is 5.56 Å². The minimum atomic E-state index is -0.337. The number of rotatable bonds is 4. The van der Waals surface area contributed by atoms with Crippen LogP contribution in [-0.2, 0) is 6.54 Å². The number of nitrogens with zero attached hydrogens (tertiary/aromatic N) is 3. The molecule has 0 bridgehead atoms. The van der Waals surface area contributed by atoms with Crippen LogP contribution in [-0.4, -0.2) is 14.6 Å². The Kier molecular flexibility index (Phi) is 4.18. The smallest absolute Gasteiger partial charge is 0.182 e. The summed E-state index contributed by atoms with van der Waals surface area (Å²) in [6.45, 7) is 0.556. The third-order valence-electron chi connectivity index (χ3n) is 3.99. The molecule has 0 aliphatic carbocycles. The monoisotopic (exact) mass is 367 g/mol. The van der Waals surface area contributed by atoms with Crippen molar-refractivity contribution in [3.63, 3.8) is 0 Å². The van der Waals surface area contributed by atoms with E-state index in [1.165, 1.54) is 16.6 Å². The highest BCUT2D eigenvalue weighted by Crippen LogP contribution is 2.23. The van der Waals surface area contributed by atoms with Gasteiger partial charge < -0.3 is 11.1 Å². The number of hydrogen-bond acceptors (Lipinski definition) is 4. The zero-order valence-electron chi connectivity index (χ0n) is 13.7. The van der Waals surface area contributed by atoms with Crippen molar-refractivity contribution in [1.29, 1.82) is 0 Å². The molecule has 2 heterocycles. The first-order valence-corrected chi connectivity index (χ1v) is 8.37. The fourth-order valence-electron chi connectivity index (χ4n) is 2.70. The first-order valence-electron chi connectivity index (χ1n) is 8.00. The fraction of sp³-hybridized carbons (Fsp3) is 0.0526. The molecule has 130 valence electrons. The molecular formula is C19H15ClFN5. The van der Waals surface area contributed by atoms with E-state index in [4.69, 9.17) is 17.3 Å². The van der Waals surface area contributed by atoms with E-state index in [1.807, 2.05) is 30.3 Å². The minimum absolute atomic E-state index is 0.337. The topological polar surface area (TPSA) is 68.2 Å². The average Bonchev–Trinajstić information content (AvgIpc) is 3.06. The van der Waals surface area contributed by atoms with Gasteiger partial charge in [0.1, 0.15) is 11.6 Å². The lowest BCUT2D eigenvalue weighted by Gasteiger charge is -2.09. The van der Waals surface area contributed by atoms with Crippen molar-refractivity contribution >= 4 is 28.8 Å². The molecule has 0 radical (unpaired) electrons. The number of hydrogen-bond donors (Lipinski definition) is 2. The zero-order chi connectivity index (χ0) is 18.1. The maximum absolute atomic E-state index is 13.4. The maximum atomic E-state index is 13.4. The van der Waals surface area contributed by atoms with Crippen LogP contribution < -0.4 is 11.1 Å². The van der Waals surface area contributed by atoms with Crippen LogP contribution in [0.5, 0.6) is 0 Å². The van der Waals surface area contributed by atoms with Crippen molar-refractivity contribution in [2.24, 2.45) is 0 Å². The van der Waals surface area contributed by atoms with Crippen molar-refractivity contribution in [2.45, 2.75) is 6.54 Å². The molecule has 2 aromatic carbocycles. The Labute approximate surface area is 154 Å². The molecule has 0 unspecified atom stereocenters. The Morgan fingerprint density at radius 1 is 1.08 bits per heavy atom. The third-order valence-corrected chi connectivity index (χ3v) is 4.36. The van der Waals surface area contributed by atoms with Gasteiger partial charge in [-0.1, -0.05) is 41.9 Å². The number of halogens is 2. The third kappa shape index (κ3) is 3.19. The Balaban J connectivity index is 1.65. The van der Waals surface area contributed by atoms with Gasteiger partial charge in [0.25, 0.3) is 0 Å². The van der Waals surface area contributed by atoms with Crippen molar-refractivity contribution in [2.75, 3.05) is 11.1 Å². The molecule has 0 fully saturated rings. The van der Waals surface area contributed by atoms with Gasteiger partial charge in [0.2, 0.25) is 0 Å². The van der Waals surface area contributed by atoms with E-state index in [-0.39, 0.29) is 5.82 Å². The number of pyridine rings is 1. The summed E-state index contributed by atoms with van der Waals surface area (Å²) in [5, 5.41) is 8.35. The second kappa shape index (κ2) is 6.65. The molecule has 26 heavy (non-hydrogen) atoms. The van der Waals surface area contributed by atoms with Gasteiger partial charge in [0.15, 0.2) is 11.5 Å².